The van der Waals surface area contributed by atoms with Gasteiger partial charge in [0.1, 0.15) is 0 Å². The van der Waals surface area contributed by atoms with Crippen molar-refractivity contribution in [3.63, 3.8) is 0 Å². The lowest BCUT2D eigenvalue weighted by molar-refractivity contribution is -0.124. The number of rotatable bonds is 18. The van der Waals surface area contributed by atoms with Gasteiger partial charge < -0.3 is 10.6 Å². The summed E-state index contributed by atoms with van der Waals surface area (Å²) in [6, 6.07) is 0. The van der Waals surface area contributed by atoms with Crippen molar-refractivity contribution in [3.8, 4) is 0 Å². The molecular formula is C21H41N2O2-. The fourth-order valence-electron chi connectivity index (χ4n) is 2.81. The van der Waals surface area contributed by atoms with E-state index in [-0.39, 0.29) is 5.91 Å². The highest BCUT2D eigenvalue weighted by atomic mass is 16.5. The highest BCUT2D eigenvalue weighted by Crippen LogP contribution is 2.10. The Bertz CT molecular complexity index is 319. The van der Waals surface area contributed by atoms with Crippen LogP contribution in [0.1, 0.15) is 110 Å². The second kappa shape index (κ2) is 19.5. The first kappa shape index (κ1) is 24.1. The zero-order valence-electron chi connectivity index (χ0n) is 16.7. The van der Waals surface area contributed by atoms with Crippen molar-refractivity contribution in [3.05, 3.63) is 17.4 Å². The van der Waals surface area contributed by atoms with Gasteiger partial charge in [0.2, 0.25) is 5.91 Å². The zero-order valence-corrected chi connectivity index (χ0v) is 16.7. The largest absolute Gasteiger partial charge is 0.767 e. The van der Waals surface area contributed by atoms with Gasteiger partial charge in [-0.25, -0.2) is 0 Å². The van der Waals surface area contributed by atoms with E-state index in [1.165, 1.54) is 70.6 Å². The summed E-state index contributed by atoms with van der Waals surface area (Å²) in [5.41, 5.74) is 2.36. The van der Waals surface area contributed by atoms with Crippen LogP contribution >= 0.6 is 0 Å². The number of carbonyl (C=O) groups excluding carboxylic acids is 1. The first-order valence-electron chi connectivity index (χ1n) is 10.6. The summed E-state index contributed by atoms with van der Waals surface area (Å²) in [5, 5.41) is 11.8. The second-order valence-electron chi connectivity index (χ2n) is 6.97. The smallest absolute Gasteiger partial charge is 0.233 e. The molecule has 0 aromatic rings. The monoisotopic (exact) mass is 353 g/mol. The molecule has 25 heavy (non-hydrogen) atoms. The molecule has 0 rings (SSSR count). The molecule has 148 valence electrons. The molecule has 0 aromatic heterocycles. The Kier molecular flexibility index (Phi) is 18.8. The fourth-order valence-corrected chi connectivity index (χ4v) is 2.81. The lowest BCUT2D eigenvalue weighted by atomic mass is 10.1. The van der Waals surface area contributed by atoms with Crippen molar-refractivity contribution in [2.24, 2.45) is 0 Å². The van der Waals surface area contributed by atoms with Gasteiger partial charge >= 0.3 is 0 Å². The Morgan fingerprint density at radius 1 is 0.800 bits per heavy atom. The molecule has 4 heteroatoms. The quantitative estimate of drug-likeness (QED) is 0.180. The van der Waals surface area contributed by atoms with Crippen LogP contribution in [-0.2, 0) is 4.79 Å². The summed E-state index contributed by atoms with van der Waals surface area (Å²) in [6.07, 6.45) is 22.1. The lowest BCUT2D eigenvalue weighted by Crippen LogP contribution is -2.38. The van der Waals surface area contributed by atoms with Crippen LogP contribution in [0.3, 0.4) is 0 Å². The molecule has 0 aliphatic rings. The molecule has 0 spiro atoms. The topological polar surface area (TPSA) is 55.4 Å². The molecule has 0 heterocycles. The summed E-state index contributed by atoms with van der Waals surface area (Å²) >= 11 is 0. The number of hydrogen-bond acceptors (Lipinski definition) is 3. The van der Waals surface area contributed by atoms with Crippen LogP contribution in [0.5, 0.6) is 0 Å². The van der Waals surface area contributed by atoms with Crippen LogP contribution in [0.2, 0.25) is 0 Å². The molecule has 4 nitrogen and oxygen atoms in total. The van der Waals surface area contributed by atoms with E-state index in [0.717, 1.165) is 19.3 Å². The van der Waals surface area contributed by atoms with E-state index in [4.69, 9.17) is 0 Å². The Labute approximate surface area is 156 Å². The maximum atomic E-state index is 11.5. The third-order valence-corrected chi connectivity index (χ3v) is 4.34. The second-order valence-corrected chi connectivity index (χ2v) is 6.97. The van der Waals surface area contributed by atoms with E-state index >= 15 is 0 Å². The molecule has 0 aliphatic heterocycles. The van der Waals surface area contributed by atoms with Gasteiger partial charge in [-0.2, -0.15) is 0 Å². The molecule has 0 radical (unpaired) electrons. The number of nitrogens with one attached hydrogen (secondary N) is 1. The predicted molar refractivity (Wildman–Crippen MR) is 108 cm³/mol. The predicted octanol–water partition coefficient (Wildman–Crippen LogP) is 6.26. The molecule has 0 saturated carbocycles. The van der Waals surface area contributed by atoms with E-state index in [1.54, 1.807) is 0 Å². The van der Waals surface area contributed by atoms with Gasteiger partial charge in [0.05, 0.1) is 0 Å². The van der Waals surface area contributed by atoms with Gasteiger partial charge in [-0.05, 0) is 38.5 Å². The fraction of sp³-hybridized carbons (Fsp3) is 0.857. The number of nitrogens with zero attached hydrogens (tertiary/aromatic N) is 1. The Morgan fingerprint density at radius 2 is 1.32 bits per heavy atom. The third-order valence-electron chi connectivity index (χ3n) is 4.34. The van der Waals surface area contributed by atoms with Gasteiger partial charge in [-0.15, -0.1) is 0 Å². The Balaban J connectivity index is 3.25. The number of carbonyl (C=O) groups is 1. The van der Waals surface area contributed by atoms with Crippen LogP contribution in [0, 0.1) is 5.21 Å². The number of hydrazine groups is 1. The SMILES string of the molecule is CCCCCCCC/C=C\CCCCCCCC(=O)NN([O-])CCC. The minimum atomic E-state index is -0.152. The minimum absolute atomic E-state index is 0.152. The Morgan fingerprint density at radius 3 is 1.88 bits per heavy atom. The number of hydrogen-bond donors (Lipinski definition) is 1. The summed E-state index contributed by atoms with van der Waals surface area (Å²) in [7, 11) is 0. The van der Waals surface area contributed by atoms with Crippen molar-refractivity contribution in [1.29, 1.82) is 0 Å². The normalized spacial score (nSPS) is 11.5. The molecule has 1 amide bonds. The van der Waals surface area contributed by atoms with E-state index in [1.807, 2.05) is 6.92 Å². The standard InChI is InChI=1S/C21H41N2O2/c1-3-5-6-7-8-9-10-11-12-13-14-15-16-17-18-19-21(24)22-23(25)20-4-2/h11-12H,3-10,13-20H2,1-2H3,(H,22,24)/q-1/b12-11-. The number of amides is 1. The summed E-state index contributed by atoms with van der Waals surface area (Å²) < 4.78 is 0. The molecule has 0 fully saturated rings. The van der Waals surface area contributed by atoms with Crippen LogP contribution in [0.4, 0.5) is 0 Å². The number of allylic oxidation sites excluding steroid dienone is 2. The van der Waals surface area contributed by atoms with Crippen LogP contribution in [0.25, 0.3) is 0 Å². The lowest BCUT2D eigenvalue weighted by Gasteiger charge is -2.27. The minimum Gasteiger partial charge on any atom is -0.767 e. The Hall–Kier alpha value is -0.870. The van der Waals surface area contributed by atoms with E-state index in [2.05, 4.69) is 24.5 Å². The van der Waals surface area contributed by atoms with Gasteiger partial charge in [0.15, 0.2) is 0 Å². The summed E-state index contributed by atoms with van der Waals surface area (Å²) in [5.74, 6) is -0.152. The van der Waals surface area contributed by atoms with E-state index in [9.17, 15) is 10.0 Å². The molecular weight excluding hydrogens is 312 g/mol. The van der Waals surface area contributed by atoms with Crippen molar-refractivity contribution in [2.75, 3.05) is 6.54 Å². The average molecular weight is 354 g/mol. The summed E-state index contributed by atoms with van der Waals surface area (Å²) in [6.45, 7) is 4.54. The van der Waals surface area contributed by atoms with Crippen molar-refractivity contribution in [2.45, 2.75) is 110 Å². The van der Waals surface area contributed by atoms with Gasteiger partial charge in [0.25, 0.3) is 0 Å². The molecule has 1 N–H and O–H groups in total. The molecule has 0 aromatic carbocycles. The molecule has 0 unspecified atom stereocenters. The summed E-state index contributed by atoms with van der Waals surface area (Å²) in [4.78, 5) is 11.5. The first-order valence-corrected chi connectivity index (χ1v) is 10.6. The highest BCUT2D eigenvalue weighted by molar-refractivity contribution is 5.75. The van der Waals surface area contributed by atoms with Gasteiger partial charge in [-0.1, -0.05) is 77.4 Å². The molecule has 0 atom stereocenters. The molecule has 0 bridgehead atoms. The van der Waals surface area contributed by atoms with Crippen molar-refractivity contribution in [1.82, 2.24) is 10.6 Å². The molecule has 0 aliphatic carbocycles. The van der Waals surface area contributed by atoms with Crippen molar-refractivity contribution >= 4 is 5.91 Å². The van der Waals surface area contributed by atoms with Crippen LogP contribution in [0.15, 0.2) is 12.2 Å². The third kappa shape index (κ3) is 19.3. The maximum absolute atomic E-state index is 11.5. The van der Waals surface area contributed by atoms with E-state index in [0.29, 0.717) is 18.1 Å². The average Bonchev–Trinajstić information content (AvgIpc) is 2.58. The highest BCUT2D eigenvalue weighted by Gasteiger charge is 2.01. The van der Waals surface area contributed by atoms with Gasteiger partial charge in [0, 0.05) is 13.0 Å². The van der Waals surface area contributed by atoms with Crippen molar-refractivity contribution < 1.29 is 4.79 Å². The van der Waals surface area contributed by atoms with Crippen LogP contribution in [-0.4, -0.2) is 17.6 Å². The maximum Gasteiger partial charge on any atom is 0.233 e. The van der Waals surface area contributed by atoms with E-state index < -0.39 is 0 Å². The zero-order chi connectivity index (χ0) is 18.6. The molecule has 0 saturated heterocycles. The first-order chi connectivity index (χ1) is 12.2. The number of unbranched alkanes of at least 4 members (excludes halogenated alkanes) is 11. The number of hydroxylamine groups is 1. The van der Waals surface area contributed by atoms with Gasteiger partial charge in [-0.3, -0.25) is 9.97 Å². The van der Waals surface area contributed by atoms with Crippen LogP contribution < -0.4 is 5.43 Å².